The average molecular weight is 382 g/mol. The summed E-state index contributed by atoms with van der Waals surface area (Å²) in [7, 11) is 0. The van der Waals surface area contributed by atoms with Crippen LogP contribution in [0.1, 0.15) is 41.2 Å². The summed E-state index contributed by atoms with van der Waals surface area (Å²) in [6.07, 6.45) is -2.29. The lowest BCUT2D eigenvalue weighted by Crippen LogP contribution is -2.44. The summed E-state index contributed by atoms with van der Waals surface area (Å²) in [4.78, 5) is 14.5. The summed E-state index contributed by atoms with van der Waals surface area (Å²) in [6, 6.07) is 7.22. The Morgan fingerprint density at radius 2 is 1.92 bits per heavy atom. The first-order valence-corrected chi connectivity index (χ1v) is 9.12. The molecule has 1 aliphatic heterocycles. The van der Waals surface area contributed by atoms with Gasteiger partial charge in [-0.2, -0.15) is 0 Å². The van der Waals surface area contributed by atoms with E-state index in [4.69, 9.17) is 4.74 Å². The van der Waals surface area contributed by atoms with Gasteiger partial charge in [-0.15, -0.1) is 10.2 Å². The predicted molar refractivity (Wildman–Crippen MR) is 94.5 cm³/mol. The lowest BCUT2D eigenvalue weighted by atomic mass is 10.1. The van der Waals surface area contributed by atoms with E-state index in [0.29, 0.717) is 16.9 Å². The maximum atomic E-state index is 12.5. The molecule has 1 saturated heterocycles. The van der Waals surface area contributed by atoms with Gasteiger partial charge in [-0.1, -0.05) is 23.5 Å². The fourth-order valence-electron chi connectivity index (χ4n) is 2.98. The molecule has 0 spiro atoms. The maximum Gasteiger partial charge on any atom is 0.291 e. The highest BCUT2D eigenvalue weighted by molar-refractivity contribution is 7.15. The number of aromatic nitrogens is 2. The first-order valence-electron chi connectivity index (χ1n) is 8.30. The third-order valence-corrected chi connectivity index (χ3v) is 4.81. The summed E-state index contributed by atoms with van der Waals surface area (Å²) in [5.74, 6) is -0.401. The molecule has 1 aromatic heterocycles. The maximum absolute atomic E-state index is 12.5. The Balaban J connectivity index is 1.58. The fourth-order valence-corrected chi connectivity index (χ4v) is 3.57. The molecule has 1 amide bonds. The molecule has 6 nitrogen and oxygen atoms in total. The van der Waals surface area contributed by atoms with Crippen LogP contribution in [0, 0.1) is 0 Å². The first kappa shape index (κ1) is 18.8. The molecule has 1 aromatic carbocycles. The van der Waals surface area contributed by atoms with E-state index in [9.17, 15) is 13.6 Å². The number of hydrogen-bond acceptors (Lipinski definition) is 6. The standard InChI is InChI=1S/C17H20F2N4O2S/c1-10-7-23(8-11(2)25-10)9-12-3-5-13(6-4-12)15(24)20-17-22-21-16(26-17)14(18)19/h3-6,10-11,14H,7-9H2,1-2H3,(H,20,22,24). The number of carbonyl (C=O) groups excluding carboxylic acids is 1. The van der Waals surface area contributed by atoms with Crippen molar-refractivity contribution < 1.29 is 18.3 Å². The van der Waals surface area contributed by atoms with Gasteiger partial charge in [0.2, 0.25) is 5.13 Å². The van der Waals surface area contributed by atoms with Gasteiger partial charge >= 0.3 is 0 Å². The SMILES string of the molecule is CC1CN(Cc2ccc(C(=O)Nc3nnc(C(F)F)s3)cc2)CC(C)O1. The summed E-state index contributed by atoms with van der Waals surface area (Å²) >= 11 is 0.668. The van der Waals surface area contributed by atoms with Crippen molar-refractivity contribution in [3.05, 3.63) is 40.4 Å². The molecule has 1 fully saturated rings. The van der Waals surface area contributed by atoms with Crippen LogP contribution in [-0.2, 0) is 11.3 Å². The van der Waals surface area contributed by atoms with Gasteiger partial charge in [-0.25, -0.2) is 8.78 Å². The number of nitrogens with one attached hydrogen (secondary N) is 1. The molecule has 0 aliphatic carbocycles. The van der Waals surface area contributed by atoms with Crippen LogP contribution >= 0.6 is 11.3 Å². The minimum Gasteiger partial charge on any atom is -0.373 e. The number of rotatable bonds is 5. The Morgan fingerprint density at radius 1 is 1.27 bits per heavy atom. The Labute approximate surface area is 154 Å². The van der Waals surface area contributed by atoms with E-state index in [1.54, 1.807) is 12.1 Å². The molecule has 140 valence electrons. The number of hydrogen-bond donors (Lipinski definition) is 1. The van der Waals surface area contributed by atoms with Crippen molar-refractivity contribution in [3.8, 4) is 0 Å². The smallest absolute Gasteiger partial charge is 0.291 e. The zero-order chi connectivity index (χ0) is 18.7. The van der Waals surface area contributed by atoms with E-state index >= 15 is 0 Å². The molecule has 2 heterocycles. The van der Waals surface area contributed by atoms with Gasteiger partial charge in [0.25, 0.3) is 12.3 Å². The molecule has 2 aromatic rings. The van der Waals surface area contributed by atoms with Crippen LogP contribution < -0.4 is 5.32 Å². The van der Waals surface area contributed by atoms with Crippen molar-refractivity contribution in [2.75, 3.05) is 18.4 Å². The monoisotopic (exact) mass is 382 g/mol. The Morgan fingerprint density at radius 3 is 2.50 bits per heavy atom. The van der Waals surface area contributed by atoms with Crippen LogP contribution in [0.3, 0.4) is 0 Å². The minimum absolute atomic E-state index is 0.0608. The van der Waals surface area contributed by atoms with E-state index in [2.05, 4.69) is 34.3 Å². The molecule has 1 N–H and O–H groups in total. The number of alkyl halides is 2. The summed E-state index contributed by atoms with van der Waals surface area (Å²) in [5.41, 5.74) is 1.53. The molecule has 0 bridgehead atoms. The number of nitrogens with zero attached hydrogens (tertiary/aromatic N) is 3. The van der Waals surface area contributed by atoms with Crippen LogP contribution in [0.4, 0.5) is 13.9 Å². The van der Waals surface area contributed by atoms with Crippen LogP contribution in [0.25, 0.3) is 0 Å². The molecular formula is C17H20F2N4O2S. The van der Waals surface area contributed by atoms with Crippen molar-refractivity contribution in [2.45, 2.75) is 39.0 Å². The number of benzene rings is 1. The van der Waals surface area contributed by atoms with Crippen LogP contribution in [0.5, 0.6) is 0 Å². The predicted octanol–water partition coefficient (Wildman–Crippen LogP) is 3.34. The quantitative estimate of drug-likeness (QED) is 0.859. The van der Waals surface area contributed by atoms with Crippen LogP contribution in [-0.4, -0.2) is 46.3 Å². The molecule has 2 atom stereocenters. The number of morpholine rings is 1. The zero-order valence-electron chi connectivity index (χ0n) is 14.5. The largest absolute Gasteiger partial charge is 0.373 e. The molecule has 26 heavy (non-hydrogen) atoms. The van der Waals surface area contributed by atoms with Gasteiger partial charge in [0.05, 0.1) is 12.2 Å². The molecule has 0 saturated carbocycles. The molecule has 9 heteroatoms. The number of anilines is 1. The zero-order valence-corrected chi connectivity index (χ0v) is 15.3. The van der Waals surface area contributed by atoms with Crippen molar-refractivity contribution in [3.63, 3.8) is 0 Å². The van der Waals surface area contributed by atoms with Crippen LogP contribution in [0.15, 0.2) is 24.3 Å². The highest BCUT2D eigenvalue weighted by Crippen LogP contribution is 2.25. The Hall–Kier alpha value is -1.97. The molecular weight excluding hydrogens is 362 g/mol. The number of ether oxygens (including phenoxy) is 1. The van der Waals surface area contributed by atoms with Gasteiger partial charge in [0.15, 0.2) is 5.01 Å². The number of amides is 1. The number of carbonyl (C=O) groups is 1. The van der Waals surface area contributed by atoms with E-state index in [-0.39, 0.29) is 17.3 Å². The van der Waals surface area contributed by atoms with Gasteiger partial charge in [0, 0.05) is 25.2 Å². The lowest BCUT2D eigenvalue weighted by molar-refractivity contribution is -0.0704. The Kier molecular flexibility index (Phi) is 5.90. The second kappa shape index (κ2) is 8.15. The summed E-state index contributed by atoms with van der Waals surface area (Å²) in [6.45, 7) is 6.65. The van der Waals surface area contributed by atoms with E-state index in [1.807, 2.05) is 12.1 Å². The summed E-state index contributed by atoms with van der Waals surface area (Å²) < 4.78 is 30.7. The average Bonchev–Trinajstić information content (AvgIpc) is 3.03. The van der Waals surface area contributed by atoms with E-state index in [0.717, 1.165) is 25.2 Å². The number of halogens is 2. The van der Waals surface area contributed by atoms with Gasteiger partial charge in [-0.05, 0) is 31.5 Å². The van der Waals surface area contributed by atoms with Crippen molar-refractivity contribution in [1.29, 1.82) is 0 Å². The van der Waals surface area contributed by atoms with E-state index in [1.165, 1.54) is 0 Å². The lowest BCUT2D eigenvalue weighted by Gasteiger charge is -2.35. The molecule has 0 radical (unpaired) electrons. The van der Waals surface area contributed by atoms with Crippen molar-refractivity contribution >= 4 is 22.4 Å². The van der Waals surface area contributed by atoms with Crippen molar-refractivity contribution in [2.24, 2.45) is 0 Å². The topological polar surface area (TPSA) is 67.4 Å². The second-order valence-corrected chi connectivity index (χ2v) is 7.36. The van der Waals surface area contributed by atoms with Gasteiger partial charge in [0.1, 0.15) is 0 Å². The van der Waals surface area contributed by atoms with Gasteiger partial charge < -0.3 is 4.74 Å². The molecule has 2 unspecified atom stereocenters. The highest BCUT2D eigenvalue weighted by Gasteiger charge is 2.22. The summed E-state index contributed by atoms with van der Waals surface area (Å²) in [5, 5.41) is 9.03. The highest BCUT2D eigenvalue weighted by atomic mass is 32.1. The van der Waals surface area contributed by atoms with Crippen LogP contribution in [0.2, 0.25) is 0 Å². The second-order valence-electron chi connectivity index (χ2n) is 6.35. The first-order chi connectivity index (χ1) is 12.4. The third-order valence-electron chi connectivity index (χ3n) is 3.97. The fraction of sp³-hybridized carbons (Fsp3) is 0.471. The van der Waals surface area contributed by atoms with E-state index < -0.39 is 17.3 Å². The molecule has 3 rings (SSSR count). The Bertz CT molecular complexity index is 743. The van der Waals surface area contributed by atoms with Gasteiger partial charge in [-0.3, -0.25) is 15.0 Å². The molecule has 1 aliphatic rings. The normalized spacial score (nSPS) is 21.1. The van der Waals surface area contributed by atoms with Crippen molar-refractivity contribution in [1.82, 2.24) is 15.1 Å². The third kappa shape index (κ3) is 4.80. The minimum atomic E-state index is -2.69.